The molecule has 0 spiro atoms. The average Bonchev–Trinajstić information content (AvgIpc) is 2.92. The van der Waals surface area contributed by atoms with Crippen LogP contribution >= 0.6 is 0 Å². The van der Waals surface area contributed by atoms with Crippen LogP contribution in [-0.2, 0) is 0 Å². The molecule has 3 aromatic carbocycles. The third-order valence-electron chi connectivity index (χ3n) is 5.23. The highest BCUT2D eigenvalue weighted by atomic mass is 16.2. The van der Waals surface area contributed by atoms with Gasteiger partial charge in [0.2, 0.25) is 0 Å². The second-order valence-corrected chi connectivity index (χ2v) is 6.84. The average molecular weight is 342 g/mol. The van der Waals surface area contributed by atoms with Gasteiger partial charge in [0.25, 0.3) is 5.91 Å². The lowest BCUT2D eigenvalue weighted by Crippen LogP contribution is -2.33. The Kier molecular flexibility index (Phi) is 4.00. The van der Waals surface area contributed by atoms with Crippen LogP contribution in [-0.4, -0.2) is 5.91 Å². The highest BCUT2D eigenvalue weighted by Crippen LogP contribution is 2.39. The summed E-state index contributed by atoms with van der Waals surface area (Å²) in [5, 5.41) is 3.62. The standard InChI is InChI=1S/C23H22N2O/c1-15-10-8-13-20(17(15)3)24-22-18-11-5-6-12-19(18)23(26)25(22)21-14-7-4-9-16(21)2/h4-14,22,24H,1-3H3/t22-/m1/s1. The monoisotopic (exact) mass is 342 g/mol. The Morgan fingerprint density at radius 3 is 2.31 bits per heavy atom. The largest absolute Gasteiger partial charge is 0.361 e. The molecule has 4 rings (SSSR count). The molecule has 0 aromatic heterocycles. The molecule has 1 aliphatic heterocycles. The van der Waals surface area contributed by atoms with E-state index in [1.165, 1.54) is 11.1 Å². The normalized spacial score (nSPS) is 15.9. The highest BCUT2D eigenvalue weighted by Gasteiger charge is 2.38. The summed E-state index contributed by atoms with van der Waals surface area (Å²) in [5.41, 5.74) is 7.29. The Hall–Kier alpha value is -3.07. The minimum absolute atomic E-state index is 0.0395. The van der Waals surface area contributed by atoms with E-state index in [0.29, 0.717) is 0 Å². The van der Waals surface area contributed by atoms with Gasteiger partial charge in [0.15, 0.2) is 0 Å². The molecular weight excluding hydrogens is 320 g/mol. The van der Waals surface area contributed by atoms with E-state index in [1.54, 1.807) is 0 Å². The van der Waals surface area contributed by atoms with Gasteiger partial charge in [0.1, 0.15) is 6.17 Å². The van der Waals surface area contributed by atoms with Crippen LogP contribution in [0.25, 0.3) is 0 Å². The molecule has 3 heteroatoms. The first-order valence-corrected chi connectivity index (χ1v) is 8.89. The van der Waals surface area contributed by atoms with Crippen molar-refractivity contribution in [3.63, 3.8) is 0 Å². The van der Waals surface area contributed by atoms with Gasteiger partial charge in [0, 0.05) is 22.5 Å². The predicted molar refractivity (Wildman–Crippen MR) is 107 cm³/mol. The SMILES string of the molecule is Cc1ccccc1N1C(=O)c2ccccc2[C@@H]1Nc1cccc(C)c1C. The number of rotatable bonds is 3. The molecule has 3 aromatic rings. The molecule has 0 radical (unpaired) electrons. The molecule has 0 fully saturated rings. The Morgan fingerprint density at radius 1 is 0.808 bits per heavy atom. The third kappa shape index (κ3) is 2.57. The molecule has 1 amide bonds. The Balaban J connectivity index is 1.84. The molecule has 0 saturated heterocycles. The summed E-state index contributed by atoms with van der Waals surface area (Å²) < 4.78 is 0. The van der Waals surface area contributed by atoms with Crippen LogP contribution in [0.3, 0.4) is 0 Å². The number of aryl methyl sites for hydroxylation is 2. The maximum absolute atomic E-state index is 13.2. The van der Waals surface area contributed by atoms with Crippen molar-refractivity contribution in [2.75, 3.05) is 10.2 Å². The van der Waals surface area contributed by atoms with Crippen LogP contribution in [0.5, 0.6) is 0 Å². The molecular formula is C23H22N2O. The Morgan fingerprint density at radius 2 is 1.50 bits per heavy atom. The van der Waals surface area contributed by atoms with Gasteiger partial charge >= 0.3 is 0 Å². The van der Waals surface area contributed by atoms with Gasteiger partial charge in [-0.15, -0.1) is 0 Å². The zero-order valence-corrected chi connectivity index (χ0v) is 15.3. The third-order valence-corrected chi connectivity index (χ3v) is 5.23. The molecule has 3 nitrogen and oxygen atoms in total. The fraction of sp³-hybridized carbons (Fsp3) is 0.174. The van der Waals surface area contributed by atoms with E-state index in [4.69, 9.17) is 0 Å². The van der Waals surface area contributed by atoms with E-state index >= 15 is 0 Å². The topological polar surface area (TPSA) is 32.3 Å². The maximum atomic E-state index is 13.2. The molecule has 1 N–H and O–H groups in total. The summed E-state index contributed by atoms with van der Waals surface area (Å²) in [5.74, 6) is 0.0395. The quantitative estimate of drug-likeness (QED) is 0.693. The molecule has 0 unspecified atom stereocenters. The number of fused-ring (bicyclic) bond motifs is 1. The number of hydrogen-bond acceptors (Lipinski definition) is 2. The number of carbonyl (C=O) groups excluding carboxylic acids is 1. The van der Waals surface area contributed by atoms with Gasteiger partial charge in [-0.2, -0.15) is 0 Å². The first kappa shape index (κ1) is 16.4. The van der Waals surface area contributed by atoms with Gasteiger partial charge in [-0.1, -0.05) is 48.5 Å². The highest BCUT2D eigenvalue weighted by molar-refractivity contribution is 6.11. The summed E-state index contributed by atoms with van der Waals surface area (Å²) >= 11 is 0. The lowest BCUT2D eigenvalue weighted by atomic mass is 10.1. The fourth-order valence-corrected chi connectivity index (χ4v) is 3.60. The van der Waals surface area contributed by atoms with Crippen LogP contribution < -0.4 is 10.2 Å². The molecule has 1 aliphatic rings. The van der Waals surface area contributed by atoms with Crippen LogP contribution in [0.1, 0.15) is 38.8 Å². The molecule has 0 bridgehead atoms. The van der Waals surface area contributed by atoms with Crippen molar-refractivity contribution >= 4 is 17.3 Å². The fourth-order valence-electron chi connectivity index (χ4n) is 3.60. The van der Waals surface area contributed by atoms with Crippen molar-refractivity contribution in [1.82, 2.24) is 0 Å². The van der Waals surface area contributed by atoms with Crippen LogP contribution in [0.4, 0.5) is 11.4 Å². The van der Waals surface area contributed by atoms with E-state index in [1.807, 2.05) is 66.4 Å². The minimum Gasteiger partial charge on any atom is -0.361 e. The van der Waals surface area contributed by atoms with E-state index in [-0.39, 0.29) is 12.1 Å². The second-order valence-electron chi connectivity index (χ2n) is 6.84. The lowest BCUT2D eigenvalue weighted by molar-refractivity contribution is 0.0993. The van der Waals surface area contributed by atoms with Crippen molar-refractivity contribution in [2.45, 2.75) is 26.9 Å². The van der Waals surface area contributed by atoms with Crippen molar-refractivity contribution in [3.8, 4) is 0 Å². The molecule has 0 saturated carbocycles. The molecule has 1 heterocycles. The number of carbonyl (C=O) groups is 1. The summed E-state index contributed by atoms with van der Waals surface area (Å²) in [6.45, 7) is 6.26. The van der Waals surface area contributed by atoms with Crippen LogP contribution in [0.15, 0.2) is 66.7 Å². The van der Waals surface area contributed by atoms with Gasteiger partial charge in [-0.05, 0) is 55.7 Å². The second kappa shape index (κ2) is 6.34. The van der Waals surface area contributed by atoms with Gasteiger partial charge in [-0.3, -0.25) is 9.69 Å². The number of benzene rings is 3. The number of nitrogens with zero attached hydrogens (tertiary/aromatic N) is 1. The summed E-state index contributed by atoms with van der Waals surface area (Å²) in [4.78, 5) is 15.1. The van der Waals surface area contributed by atoms with Crippen molar-refractivity contribution < 1.29 is 4.79 Å². The van der Waals surface area contributed by atoms with E-state index < -0.39 is 0 Å². The smallest absolute Gasteiger partial charge is 0.260 e. The Labute approximate surface area is 154 Å². The zero-order chi connectivity index (χ0) is 18.3. The molecule has 26 heavy (non-hydrogen) atoms. The van der Waals surface area contributed by atoms with Gasteiger partial charge in [-0.25, -0.2) is 0 Å². The number of para-hydroxylation sites is 1. The maximum Gasteiger partial charge on any atom is 0.260 e. The van der Waals surface area contributed by atoms with Crippen LogP contribution in [0.2, 0.25) is 0 Å². The van der Waals surface area contributed by atoms with Crippen molar-refractivity contribution in [2.24, 2.45) is 0 Å². The number of anilines is 2. The first-order chi connectivity index (χ1) is 12.6. The summed E-state index contributed by atoms with van der Waals surface area (Å²) in [6.07, 6.45) is -0.222. The molecule has 0 aliphatic carbocycles. The van der Waals surface area contributed by atoms with Gasteiger partial charge in [0.05, 0.1) is 0 Å². The lowest BCUT2D eigenvalue weighted by Gasteiger charge is -2.29. The van der Waals surface area contributed by atoms with Crippen molar-refractivity contribution in [3.05, 3.63) is 94.5 Å². The number of nitrogens with one attached hydrogen (secondary N) is 1. The van der Waals surface area contributed by atoms with Gasteiger partial charge < -0.3 is 5.32 Å². The minimum atomic E-state index is -0.222. The summed E-state index contributed by atoms with van der Waals surface area (Å²) in [6, 6.07) is 22.1. The summed E-state index contributed by atoms with van der Waals surface area (Å²) in [7, 11) is 0. The van der Waals surface area contributed by atoms with E-state index in [2.05, 4.69) is 31.3 Å². The number of hydrogen-bond donors (Lipinski definition) is 1. The number of amides is 1. The van der Waals surface area contributed by atoms with E-state index in [0.717, 1.165) is 28.1 Å². The van der Waals surface area contributed by atoms with Crippen molar-refractivity contribution in [1.29, 1.82) is 0 Å². The molecule has 130 valence electrons. The van der Waals surface area contributed by atoms with Crippen LogP contribution in [0, 0.1) is 20.8 Å². The first-order valence-electron chi connectivity index (χ1n) is 8.89. The van der Waals surface area contributed by atoms with E-state index in [9.17, 15) is 4.79 Å². The molecule has 1 atom stereocenters. The predicted octanol–water partition coefficient (Wildman–Crippen LogP) is 5.38. The Bertz CT molecular complexity index is 993. The zero-order valence-electron chi connectivity index (χ0n) is 15.3.